The van der Waals surface area contributed by atoms with E-state index in [1.54, 1.807) is 12.0 Å². The maximum absolute atomic E-state index is 11.4. The Labute approximate surface area is 79.0 Å². The van der Waals surface area contributed by atoms with Crippen LogP contribution < -0.4 is 5.73 Å². The van der Waals surface area contributed by atoms with Crippen LogP contribution in [0.2, 0.25) is 0 Å². The van der Waals surface area contributed by atoms with Crippen molar-refractivity contribution in [1.82, 2.24) is 4.90 Å². The third-order valence-corrected chi connectivity index (χ3v) is 2.37. The average molecular weight is 186 g/mol. The Balaban J connectivity index is 2.50. The van der Waals surface area contributed by atoms with Crippen LogP contribution in [0, 0.1) is 0 Å². The van der Waals surface area contributed by atoms with Crippen molar-refractivity contribution in [2.45, 2.75) is 31.9 Å². The highest BCUT2D eigenvalue weighted by atomic mass is 16.5. The summed E-state index contributed by atoms with van der Waals surface area (Å²) in [5.41, 5.74) is 5.39. The summed E-state index contributed by atoms with van der Waals surface area (Å²) in [5, 5.41) is 0. The topological polar surface area (TPSA) is 55.6 Å². The molecular formula is C9H18N2O2. The minimum absolute atomic E-state index is 0.000145. The highest BCUT2D eigenvalue weighted by Gasteiger charge is 2.31. The van der Waals surface area contributed by atoms with Gasteiger partial charge in [-0.3, -0.25) is 4.79 Å². The van der Waals surface area contributed by atoms with Crippen molar-refractivity contribution >= 4 is 5.91 Å². The summed E-state index contributed by atoms with van der Waals surface area (Å²) in [6.07, 6.45) is 0.472. The fraction of sp³-hybridized carbons (Fsp3) is 0.889. The lowest BCUT2D eigenvalue weighted by molar-refractivity contribution is -0.130. The summed E-state index contributed by atoms with van der Waals surface area (Å²) in [4.78, 5) is 13.1. The molecule has 1 aliphatic heterocycles. The molecule has 76 valence electrons. The molecule has 1 aliphatic rings. The SMILES string of the molecule is COC(C)(C)CN1CC(N)CC1=O. The Hall–Kier alpha value is -0.610. The van der Waals surface area contributed by atoms with Crippen molar-refractivity contribution in [3.63, 3.8) is 0 Å². The molecule has 0 radical (unpaired) electrons. The molecule has 1 fully saturated rings. The standard InChI is InChI=1S/C9H18N2O2/c1-9(2,13-3)6-11-5-7(10)4-8(11)12/h7H,4-6,10H2,1-3H3. The number of amides is 1. The van der Waals surface area contributed by atoms with Gasteiger partial charge in [-0.1, -0.05) is 0 Å². The van der Waals surface area contributed by atoms with Gasteiger partial charge in [0.1, 0.15) is 0 Å². The summed E-state index contributed by atoms with van der Waals surface area (Å²) in [6.45, 7) is 5.20. The first-order valence-corrected chi connectivity index (χ1v) is 4.53. The Bertz CT molecular complexity index is 204. The number of nitrogens with two attached hydrogens (primary N) is 1. The molecule has 1 unspecified atom stereocenters. The van der Waals surface area contributed by atoms with Crippen molar-refractivity contribution in [1.29, 1.82) is 0 Å². The van der Waals surface area contributed by atoms with E-state index < -0.39 is 0 Å². The van der Waals surface area contributed by atoms with E-state index in [4.69, 9.17) is 10.5 Å². The van der Waals surface area contributed by atoms with Gasteiger partial charge in [-0.25, -0.2) is 0 Å². The van der Waals surface area contributed by atoms with Gasteiger partial charge in [0.25, 0.3) is 0 Å². The summed E-state index contributed by atoms with van der Waals surface area (Å²) in [7, 11) is 1.65. The molecule has 2 N–H and O–H groups in total. The first kappa shape index (κ1) is 10.5. The van der Waals surface area contributed by atoms with Crippen molar-refractivity contribution in [2.24, 2.45) is 5.73 Å². The molecular weight excluding hydrogens is 168 g/mol. The van der Waals surface area contributed by atoms with Crippen molar-refractivity contribution in [2.75, 3.05) is 20.2 Å². The third-order valence-electron chi connectivity index (χ3n) is 2.37. The van der Waals surface area contributed by atoms with E-state index in [-0.39, 0.29) is 17.6 Å². The van der Waals surface area contributed by atoms with Gasteiger partial charge in [0, 0.05) is 32.7 Å². The number of hydrogen-bond donors (Lipinski definition) is 1. The van der Waals surface area contributed by atoms with Crippen LogP contribution in [0.1, 0.15) is 20.3 Å². The van der Waals surface area contributed by atoms with Gasteiger partial charge in [-0.2, -0.15) is 0 Å². The summed E-state index contributed by atoms with van der Waals surface area (Å²) in [6, 6.07) is 0.000145. The number of ether oxygens (including phenoxy) is 1. The number of likely N-dealkylation sites (tertiary alicyclic amines) is 1. The molecule has 0 aromatic heterocycles. The van der Waals surface area contributed by atoms with E-state index in [9.17, 15) is 4.79 Å². The number of hydrogen-bond acceptors (Lipinski definition) is 3. The molecule has 0 spiro atoms. The molecule has 1 amide bonds. The molecule has 0 aromatic carbocycles. The Kier molecular flexibility index (Phi) is 2.93. The quantitative estimate of drug-likeness (QED) is 0.673. The molecule has 0 aliphatic carbocycles. The highest BCUT2D eigenvalue weighted by Crippen LogP contribution is 2.15. The van der Waals surface area contributed by atoms with Crippen LogP contribution in [0.25, 0.3) is 0 Å². The van der Waals surface area contributed by atoms with Crippen LogP contribution in [0.15, 0.2) is 0 Å². The maximum atomic E-state index is 11.4. The zero-order chi connectivity index (χ0) is 10.1. The van der Waals surface area contributed by atoms with Gasteiger partial charge >= 0.3 is 0 Å². The van der Waals surface area contributed by atoms with Crippen LogP contribution in [-0.2, 0) is 9.53 Å². The largest absolute Gasteiger partial charge is 0.377 e. The van der Waals surface area contributed by atoms with E-state index in [0.717, 1.165) is 0 Å². The second-order valence-electron chi connectivity index (χ2n) is 4.20. The van der Waals surface area contributed by atoms with Crippen LogP contribution in [-0.4, -0.2) is 42.6 Å². The number of carbonyl (C=O) groups is 1. The number of carbonyl (C=O) groups excluding carboxylic acids is 1. The van der Waals surface area contributed by atoms with Crippen LogP contribution >= 0.6 is 0 Å². The minimum atomic E-state index is -0.278. The van der Waals surface area contributed by atoms with Gasteiger partial charge in [0.15, 0.2) is 0 Å². The monoisotopic (exact) mass is 186 g/mol. The van der Waals surface area contributed by atoms with Crippen molar-refractivity contribution in [3.8, 4) is 0 Å². The zero-order valence-electron chi connectivity index (χ0n) is 8.54. The molecule has 4 nitrogen and oxygen atoms in total. The maximum Gasteiger partial charge on any atom is 0.224 e. The predicted molar refractivity (Wildman–Crippen MR) is 50.3 cm³/mol. The molecule has 1 saturated heterocycles. The van der Waals surface area contributed by atoms with Crippen LogP contribution in [0.5, 0.6) is 0 Å². The number of methoxy groups -OCH3 is 1. The van der Waals surface area contributed by atoms with E-state index in [1.165, 1.54) is 0 Å². The molecule has 13 heavy (non-hydrogen) atoms. The van der Waals surface area contributed by atoms with E-state index in [2.05, 4.69) is 0 Å². The fourth-order valence-electron chi connectivity index (χ4n) is 1.48. The predicted octanol–water partition coefficient (Wildman–Crippen LogP) is -0.0290. The molecule has 0 aromatic rings. The van der Waals surface area contributed by atoms with E-state index >= 15 is 0 Å². The minimum Gasteiger partial charge on any atom is -0.377 e. The van der Waals surface area contributed by atoms with E-state index in [1.807, 2.05) is 13.8 Å². The van der Waals surface area contributed by atoms with E-state index in [0.29, 0.717) is 19.5 Å². The first-order valence-electron chi connectivity index (χ1n) is 4.53. The second kappa shape index (κ2) is 3.64. The van der Waals surface area contributed by atoms with Gasteiger partial charge in [0.05, 0.1) is 5.60 Å². The molecule has 1 atom stereocenters. The third kappa shape index (κ3) is 2.67. The van der Waals surface area contributed by atoms with Gasteiger partial charge in [0.2, 0.25) is 5.91 Å². The second-order valence-corrected chi connectivity index (χ2v) is 4.20. The molecule has 0 saturated carbocycles. The normalized spacial score (nSPS) is 24.2. The lowest BCUT2D eigenvalue weighted by Gasteiger charge is -2.28. The lowest BCUT2D eigenvalue weighted by atomic mass is 10.1. The fourth-order valence-corrected chi connectivity index (χ4v) is 1.48. The van der Waals surface area contributed by atoms with Crippen LogP contribution in [0.3, 0.4) is 0 Å². The summed E-state index contributed by atoms with van der Waals surface area (Å²) in [5.74, 6) is 0.137. The Morgan fingerprint density at radius 2 is 2.31 bits per heavy atom. The molecule has 1 heterocycles. The summed E-state index contributed by atoms with van der Waals surface area (Å²) < 4.78 is 5.25. The van der Waals surface area contributed by atoms with Gasteiger partial charge in [-0.15, -0.1) is 0 Å². The van der Waals surface area contributed by atoms with Crippen molar-refractivity contribution in [3.05, 3.63) is 0 Å². The average Bonchev–Trinajstić information content (AvgIpc) is 2.30. The van der Waals surface area contributed by atoms with Crippen LogP contribution in [0.4, 0.5) is 0 Å². The highest BCUT2D eigenvalue weighted by molar-refractivity contribution is 5.79. The smallest absolute Gasteiger partial charge is 0.224 e. The lowest BCUT2D eigenvalue weighted by Crippen LogP contribution is -2.41. The number of rotatable bonds is 3. The zero-order valence-corrected chi connectivity index (χ0v) is 8.54. The molecule has 0 bridgehead atoms. The van der Waals surface area contributed by atoms with Gasteiger partial charge < -0.3 is 15.4 Å². The number of nitrogens with zero attached hydrogens (tertiary/aromatic N) is 1. The summed E-state index contributed by atoms with van der Waals surface area (Å²) >= 11 is 0. The van der Waals surface area contributed by atoms with Gasteiger partial charge in [-0.05, 0) is 13.8 Å². The first-order chi connectivity index (χ1) is 5.94. The Morgan fingerprint density at radius 3 is 2.69 bits per heavy atom. The molecule has 1 rings (SSSR count). The Morgan fingerprint density at radius 1 is 1.69 bits per heavy atom. The molecule has 4 heteroatoms. The van der Waals surface area contributed by atoms with Crippen molar-refractivity contribution < 1.29 is 9.53 Å².